The summed E-state index contributed by atoms with van der Waals surface area (Å²) in [6.45, 7) is 0. The highest BCUT2D eigenvalue weighted by Crippen LogP contribution is 2.35. The van der Waals surface area contributed by atoms with E-state index in [9.17, 15) is 0 Å². The zero-order chi connectivity index (χ0) is 13.8. The SMILES string of the molecule is COc1cc(Cl)ccc1C(Cl)Cc1ccccc1Cl. The first-order chi connectivity index (χ1) is 9.11. The molecule has 0 bridgehead atoms. The summed E-state index contributed by atoms with van der Waals surface area (Å²) in [5.41, 5.74) is 1.93. The summed E-state index contributed by atoms with van der Waals surface area (Å²) in [4.78, 5) is 0. The fraction of sp³-hybridized carbons (Fsp3) is 0.200. The van der Waals surface area contributed by atoms with Gasteiger partial charge in [-0.1, -0.05) is 47.5 Å². The van der Waals surface area contributed by atoms with Crippen molar-refractivity contribution in [2.45, 2.75) is 11.8 Å². The third-order valence-electron chi connectivity index (χ3n) is 2.89. The maximum Gasteiger partial charge on any atom is 0.125 e. The second-order valence-electron chi connectivity index (χ2n) is 4.15. The summed E-state index contributed by atoms with van der Waals surface area (Å²) < 4.78 is 5.31. The van der Waals surface area contributed by atoms with Gasteiger partial charge < -0.3 is 4.74 Å². The Morgan fingerprint density at radius 1 is 1.11 bits per heavy atom. The third-order valence-corrected chi connectivity index (χ3v) is 3.88. The molecule has 2 aromatic carbocycles. The predicted molar refractivity (Wildman–Crippen MR) is 81.8 cm³/mol. The van der Waals surface area contributed by atoms with Gasteiger partial charge in [0, 0.05) is 15.6 Å². The fourth-order valence-electron chi connectivity index (χ4n) is 1.91. The Labute approximate surface area is 128 Å². The molecule has 1 nitrogen and oxygen atoms in total. The number of benzene rings is 2. The maximum absolute atomic E-state index is 6.47. The minimum Gasteiger partial charge on any atom is -0.496 e. The molecule has 0 spiro atoms. The van der Waals surface area contributed by atoms with E-state index in [1.54, 1.807) is 19.2 Å². The smallest absolute Gasteiger partial charge is 0.125 e. The molecular formula is C15H13Cl3O. The molecule has 1 unspecified atom stereocenters. The molecular weight excluding hydrogens is 303 g/mol. The normalized spacial score (nSPS) is 12.2. The molecule has 19 heavy (non-hydrogen) atoms. The molecule has 100 valence electrons. The van der Waals surface area contributed by atoms with Crippen molar-refractivity contribution in [2.24, 2.45) is 0 Å². The van der Waals surface area contributed by atoms with Crippen LogP contribution in [0.3, 0.4) is 0 Å². The molecule has 2 rings (SSSR count). The molecule has 0 aliphatic carbocycles. The fourth-order valence-corrected chi connectivity index (χ4v) is 2.63. The van der Waals surface area contributed by atoms with Gasteiger partial charge in [0.25, 0.3) is 0 Å². The minimum atomic E-state index is -0.216. The highest BCUT2D eigenvalue weighted by atomic mass is 35.5. The zero-order valence-electron chi connectivity index (χ0n) is 10.4. The molecule has 1 atom stereocenters. The Bertz CT molecular complexity index is 569. The van der Waals surface area contributed by atoms with Gasteiger partial charge in [0.1, 0.15) is 5.75 Å². The molecule has 0 aliphatic rings. The Morgan fingerprint density at radius 2 is 1.84 bits per heavy atom. The molecule has 0 amide bonds. The standard InChI is InChI=1S/C15H13Cl3O/c1-19-15-9-11(16)6-7-12(15)14(18)8-10-4-2-3-5-13(10)17/h2-7,9,14H,8H2,1H3. The van der Waals surface area contributed by atoms with Crippen molar-refractivity contribution in [1.82, 2.24) is 0 Å². The van der Waals surface area contributed by atoms with Gasteiger partial charge in [-0.05, 0) is 30.2 Å². The number of hydrogen-bond donors (Lipinski definition) is 0. The van der Waals surface area contributed by atoms with Crippen LogP contribution in [0.1, 0.15) is 16.5 Å². The monoisotopic (exact) mass is 314 g/mol. The van der Waals surface area contributed by atoms with E-state index in [0.717, 1.165) is 16.1 Å². The number of halogens is 3. The molecule has 0 saturated carbocycles. The molecule has 0 aromatic heterocycles. The third kappa shape index (κ3) is 3.56. The molecule has 0 saturated heterocycles. The van der Waals surface area contributed by atoms with Crippen LogP contribution < -0.4 is 4.74 Å². The van der Waals surface area contributed by atoms with E-state index in [1.807, 2.05) is 30.3 Å². The van der Waals surface area contributed by atoms with Crippen LogP contribution in [0.15, 0.2) is 42.5 Å². The van der Waals surface area contributed by atoms with E-state index in [-0.39, 0.29) is 5.38 Å². The van der Waals surface area contributed by atoms with E-state index >= 15 is 0 Å². The van der Waals surface area contributed by atoms with Crippen molar-refractivity contribution < 1.29 is 4.74 Å². The zero-order valence-corrected chi connectivity index (χ0v) is 12.6. The van der Waals surface area contributed by atoms with Gasteiger partial charge in [0.2, 0.25) is 0 Å². The summed E-state index contributed by atoms with van der Waals surface area (Å²) in [6.07, 6.45) is 0.638. The number of ether oxygens (including phenoxy) is 1. The van der Waals surface area contributed by atoms with Gasteiger partial charge in [-0.2, -0.15) is 0 Å². The Kier molecular flexibility index (Phi) is 4.98. The predicted octanol–water partition coefficient (Wildman–Crippen LogP) is 5.52. The highest BCUT2D eigenvalue weighted by Gasteiger charge is 2.15. The van der Waals surface area contributed by atoms with Crippen LogP contribution in [-0.4, -0.2) is 7.11 Å². The van der Waals surface area contributed by atoms with E-state index in [0.29, 0.717) is 17.2 Å². The molecule has 0 radical (unpaired) electrons. The number of methoxy groups -OCH3 is 1. The lowest BCUT2D eigenvalue weighted by atomic mass is 10.0. The lowest BCUT2D eigenvalue weighted by Gasteiger charge is -2.15. The van der Waals surface area contributed by atoms with Crippen LogP contribution in [0, 0.1) is 0 Å². The summed E-state index contributed by atoms with van der Waals surface area (Å²) in [6, 6.07) is 13.1. The average Bonchev–Trinajstić information content (AvgIpc) is 2.41. The van der Waals surface area contributed by atoms with E-state index in [2.05, 4.69) is 0 Å². The van der Waals surface area contributed by atoms with Gasteiger partial charge in [-0.15, -0.1) is 11.6 Å². The summed E-state index contributed by atoms with van der Waals surface area (Å²) >= 11 is 18.6. The molecule has 0 heterocycles. The van der Waals surface area contributed by atoms with Crippen LogP contribution in [0.25, 0.3) is 0 Å². The summed E-state index contributed by atoms with van der Waals surface area (Å²) in [5.74, 6) is 0.694. The van der Waals surface area contributed by atoms with Crippen LogP contribution >= 0.6 is 34.8 Å². The molecule has 0 fully saturated rings. The lowest BCUT2D eigenvalue weighted by Crippen LogP contribution is -1.99. The summed E-state index contributed by atoms with van der Waals surface area (Å²) in [5, 5.41) is 1.13. The molecule has 2 aromatic rings. The van der Waals surface area contributed by atoms with Crippen molar-refractivity contribution in [3.05, 3.63) is 63.6 Å². The average molecular weight is 316 g/mol. The second kappa shape index (κ2) is 6.51. The van der Waals surface area contributed by atoms with Crippen molar-refractivity contribution >= 4 is 34.8 Å². The Balaban J connectivity index is 2.25. The minimum absolute atomic E-state index is 0.216. The van der Waals surface area contributed by atoms with E-state index < -0.39 is 0 Å². The van der Waals surface area contributed by atoms with Crippen molar-refractivity contribution in [3.8, 4) is 5.75 Å². The molecule has 0 N–H and O–H groups in total. The Hall–Kier alpha value is -0.890. The van der Waals surface area contributed by atoms with Gasteiger partial charge >= 0.3 is 0 Å². The van der Waals surface area contributed by atoms with Crippen molar-refractivity contribution in [3.63, 3.8) is 0 Å². The number of rotatable bonds is 4. The van der Waals surface area contributed by atoms with Crippen molar-refractivity contribution in [2.75, 3.05) is 7.11 Å². The maximum atomic E-state index is 6.47. The molecule has 4 heteroatoms. The van der Waals surface area contributed by atoms with Gasteiger partial charge in [-0.25, -0.2) is 0 Å². The number of hydrogen-bond acceptors (Lipinski definition) is 1. The summed E-state index contributed by atoms with van der Waals surface area (Å²) in [7, 11) is 1.61. The van der Waals surface area contributed by atoms with Crippen molar-refractivity contribution in [1.29, 1.82) is 0 Å². The lowest BCUT2D eigenvalue weighted by molar-refractivity contribution is 0.409. The van der Waals surface area contributed by atoms with Crippen LogP contribution in [0.2, 0.25) is 10.0 Å². The van der Waals surface area contributed by atoms with Crippen LogP contribution in [0.4, 0.5) is 0 Å². The largest absolute Gasteiger partial charge is 0.496 e. The van der Waals surface area contributed by atoms with Gasteiger partial charge in [-0.3, -0.25) is 0 Å². The first-order valence-corrected chi connectivity index (χ1v) is 7.02. The van der Waals surface area contributed by atoms with Gasteiger partial charge in [0.15, 0.2) is 0 Å². The van der Waals surface area contributed by atoms with E-state index in [1.165, 1.54) is 0 Å². The molecule has 0 aliphatic heterocycles. The first kappa shape index (κ1) is 14.5. The van der Waals surface area contributed by atoms with Crippen LogP contribution in [-0.2, 0) is 6.42 Å². The van der Waals surface area contributed by atoms with Crippen LogP contribution in [0.5, 0.6) is 5.75 Å². The topological polar surface area (TPSA) is 9.23 Å². The van der Waals surface area contributed by atoms with E-state index in [4.69, 9.17) is 39.5 Å². The second-order valence-corrected chi connectivity index (χ2v) is 5.52. The first-order valence-electron chi connectivity index (χ1n) is 5.82. The number of alkyl halides is 1. The van der Waals surface area contributed by atoms with Gasteiger partial charge in [0.05, 0.1) is 12.5 Å². The quantitative estimate of drug-likeness (QED) is 0.675. The highest BCUT2D eigenvalue weighted by molar-refractivity contribution is 6.31. The Morgan fingerprint density at radius 3 is 2.53 bits per heavy atom.